The van der Waals surface area contributed by atoms with Gasteiger partial charge in [-0.2, -0.15) is 5.10 Å². The van der Waals surface area contributed by atoms with Gasteiger partial charge in [-0.1, -0.05) is 18.9 Å². The fourth-order valence-electron chi connectivity index (χ4n) is 4.28. The van der Waals surface area contributed by atoms with Crippen molar-refractivity contribution in [2.75, 3.05) is 19.1 Å². The zero-order valence-electron chi connectivity index (χ0n) is 19.1. The number of halogens is 1. The lowest BCUT2D eigenvalue weighted by Crippen LogP contribution is -2.46. The van der Waals surface area contributed by atoms with Crippen LogP contribution in [-0.4, -0.2) is 42.3 Å². The Bertz CT molecular complexity index is 1130. The maximum atomic E-state index is 13.7. The van der Waals surface area contributed by atoms with Gasteiger partial charge in [0.15, 0.2) is 11.5 Å². The van der Waals surface area contributed by atoms with Crippen molar-refractivity contribution < 1.29 is 23.5 Å². The van der Waals surface area contributed by atoms with E-state index >= 15 is 0 Å². The van der Waals surface area contributed by atoms with E-state index in [1.165, 1.54) is 55.6 Å². The quantitative estimate of drug-likeness (QED) is 0.523. The maximum absolute atomic E-state index is 13.7. The summed E-state index contributed by atoms with van der Waals surface area (Å²) in [4.78, 5) is 28.7. The number of H-pyrrole nitrogens is 1. The zero-order chi connectivity index (χ0) is 24.1. The van der Waals surface area contributed by atoms with Crippen molar-refractivity contribution in [2.45, 2.75) is 37.8 Å². The number of benzene rings is 2. The molecule has 0 aliphatic heterocycles. The van der Waals surface area contributed by atoms with Gasteiger partial charge in [-0.3, -0.25) is 19.6 Å². The molecule has 1 unspecified atom stereocenters. The first-order valence-corrected chi connectivity index (χ1v) is 11.1. The number of aromatic nitrogens is 2. The van der Waals surface area contributed by atoms with Gasteiger partial charge in [-0.15, -0.1) is 0 Å². The lowest BCUT2D eigenvalue weighted by molar-refractivity contribution is -0.123. The Hall–Kier alpha value is -3.88. The van der Waals surface area contributed by atoms with E-state index in [-0.39, 0.29) is 17.6 Å². The SMILES string of the molecule is COc1ccc(C(C(=O)NC2CCCC2)N(C(=O)c2ccn[nH]2)c2ccc(F)cc2)cc1OC. The molecule has 1 aliphatic carbocycles. The van der Waals surface area contributed by atoms with Crippen LogP contribution in [-0.2, 0) is 4.79 Å². The largest absolute Gasteiger partial charge is 0.493 e. The van der Waals surface area contributed by atoms with Crippen molar-refractivity contribution >= 4 is 17.5 Å². The Morgan fingerprint density at radius 3 is 2.38 bits per heavy atom. The van der Waals surface area contributed by atoms with Crippen molar-refractivity contribution in [1.82, 2.24) is 15.5 Å². The monoisotopic (exact) mass is 466 g/mol. The third-order valence-corrected chi connectivity index (χ3v) is 5.99. The highest BCUT2D eigenvalue weighted by Gasteiger charge is 2.36. The summed E-state index contributed by atoms with van der Waals surface area (Å²) in [5.41, 5.74) is 1.08. The number of amides is 2. The Labute approximate surface area is 197 Å². The average molecular weight is 467 g/mol. The standard InChI is InChI=1S/C25H27FN4O4/c1-33-21-12-7-16(15-22(21)34-2)23(24(31)28-18-5-3-4-6-18)30(19-10-8-17(26)9-11-19)25(32)20-13-14-27-29-20/h7-15,18,23H,3-6H2,1-2H3,(H,27,29)(H,28,31). The van der Waals surface area contributed by atoms with E-state index in [0.717, 1.165) is 25.7 Å². The molecule has 0 radical (unpaired) electrons. The second-order valence-electron chi connectivity index (χ2n) is 8.13. The molecule has 1 saturated carbocycles. The number of nitrogens with zero attached hydrogens (tertiary/aromatic N) is 2. The van der Waals surface area contributed by atoms with Gasteiger partial charge in [0.25, 0.3) is 5.91 Å². The van der Waals surface area contributed by atoms with Crippen molar-refractivity contribution in [3.8, 4) is 11.5 Å². The minimum absolute atomic E-state index is 0.0347. The number of methoxy groups -OCH3 is 2. The Kier molecular flexibility index (Phi) is 7.10. The number of aromatic amines is 1. The van der Waals surface area contributed by atoms with Gasteiger partial charge in [0.1, 0.15) is 17.6 Å². The highest BCUT2D eigenvalue weighted by atomic mass is 19.1. The van der Waals surface area contributed by atoms with E-state index in [1.54, 1.807) is 18.2 Å². The first-order valence-electron chi connectivity index (χ1n) is 11.1. The number of anilines is 1. The van der Waals surface area contributed by atoms with Crippen LogP contribution in [0.15, 0.2) is 54.7 Å². The fraction of sp³-hybridized carbons (Fsp3) is 0.320. The van der Waals surface area contributed by atoms with E-state index in [4.69, 9.17) is 9.47 Å². The molecule has 1 aromatic heterocycles. The summed E-state index contributed by atoms with van der Waals surface area (Å²) in [6.07, 6.45) is 5.31. The van der Waals surface area contributed by atoms with Gasteiger partial charge in [0, 0.05) is 17.9 Å². The lowest BCUT2D eigenvalue weighted by Gasteiger charge is -2.32. The Morgan fingerprint density at radius 1 is 1.06 bits per heavy atom. The number of ether oxygens (including phenoxy) is 2. The third kappa shape index (κ3) is 4.88. The topological polar surface area (TPSA) is 96.5 Å². The number of rotatable bonds is 8. The fourth-order valence-corrected chi connectivity index (χ4v) is 4.28. The van der Waals surface area contributed by atoms with Crippen LogP contribution in [0.25, 0.3) is 0 Å². The zero-order valence-corrected chi connectivity index (χ0v) is 19.1. The molecule has 0 bridgehead atoms. The molecule has 1 fully saturated rings. The minimum atomic E-state index is -1.05. The van der Waals surface area contributed by atoms with Crippen LogP contribution in [0.2, 0.25) is 0 Å². The molecule has 1 atom stereocenters. The predicted molar refractivity (Wildman–Crippen MR) is 124 cm³/mol. The van der Waals surface area contributed by atoms with Crippen molar-refractivity contribution in [3.63, 3.8) is 0 Å². The number of hydrogen-bond donors (Lipinski definition) is 2. The maximum Gasteiger partial charge on any atom is 0.277 e. The summed E-state index contributed by atoms with van der Waals surface area (Å²) in [5, 5.41) is 9.64. The summed E-state index contributed by atoms with van der Waals surface area (Å²) < 4.78 is 24.5. The molecule has 2 N–H and O–H groups in total. The lowest BCUT2D eigenvalue weighted by atomic mass is 10.0. The molecule has 8 nitrogen and oxygen atoms in total. The van der Waals surface area contributed by atoms with E-state index < -0.39 is 17.8 Å². The van der Waals surface area contributed by atoms with Crippen LogP contribution in [0.4, 0.5) is 10.1 Å². The molecule has 0 saturated heterocycles. The predicted octanol–water partition coefficient (Wildman–Crippen LogP) is 4.01. The molecule has 0 spiro atoms. The number of hydrogen-bond acceptors (Lipinski definition) is 5. The molecule has 2 aromatic carbocycles. The number of carbonyl (C=O) groups is 2. The van der Waals surface area contributed by atoms with Gasteiger partial charge in [-0.05, 0) is 60.9 Å². The van der Waals surface area contributed by atoms with E-state index in [2.05, 4.69) is 15.5 Å². The van der Waals surface area contributed by atoms with Crippen molar-refractivity contribution in [1.29, 1.82) is 0 Å². The second kappa shape index (κ2) is 10.4. The molecule has 1 aliphatic rings. The normalized spacial score (nSPS) is 14.4. The third-order valence-electron chi connectivity index (χ3n) is 5.99. The van der Waals surface area contributed by atoms with Gasteiger partial charge in [0.2, 0.25) is 5.91 Å². The number of nitrogens with one attached hydrogen (secondary N) is 2. The summed E-state index contributed by atoms with van der Waals surface area (Å²) >= 11 is 0. The van der Waals surface area contributed by atoms with Crippen LogP contribution in [0.3, 0.4) is 0 Å². The van der Waals surface area contributed by atoms with E-state index in [9.17, 15) is 14.0 Å². The molecule has 3 aromatic rings. The van der Waals surface area contributed by atoms with Crippen molar-refractivity contribution in [2.24, 2.45) is 0 Å². The van der Waals surface area contributed by atoms with Crippen LogP contribution in [0.5, 0.6) is 11.5 Å². The molecule has 4 rings (SSSR count). The van der Waals surface area contributed by atoms with Crippen LogP contribution in [0.1, 0.15) is 47.8 Å². The molecule has 9 heteroatoms. The smallest absolute Gasteiger partial charge is 0.277 e. The van der Waals surface area contributed by atoms with Crippen LogP contribution >= 0.6 is 0 Å². The molecular formula is C25H27FN4O4. The van der Waals surface area contributed by atoms with Crippen molar-refractivity contribution in [3.05, 3.63) is 71.8 Å². The van der Waals surface area contributed by atoms with E-state index in [0.29, 0.717) is 22.7 Å². The molecule has 1 heterocycles. The Balaban J connectivity index is 1.84. The first-order chi connectivity index (χ1) is 16.5. The minimum Gasteiger partial charge on any atom is -0.493 e. The molecule has 178 valence electrons. The highest BCUT2D eigenvalue weighted by Crippen LogP contribution is 2.35. The summed E-state index contributed by atoms with van der Waals surface area (Å²) in [6.45, 7) is 0. The second-order valence-corrected chi connectivity index (χ2v) is 8.13. The molecule has 34 heavy (non-hydrogen) atoms. The van der Waals surface area contributed by atoms with Crippen LogP contribution < -0.4 is 19.7 Å². The average Bonchev–Trinajstić information content (AvgIpc) is 3.57. The Morgan fingerprint density at radius 2 is 1.76 bits per heavy atom. The summed E-state index contributed by atoms with van der Waals surface area (Å²) in [7, 11) is 3.02. The van der Waals surface area contributed by atoms with E-state index in [1.807, 2.05) is 0 Å². The van der Waals surface area contributed by atoms with Gasteiger partial charge >= 0.3 is 0 Å². The highest BCUT2D eigenvalue weighted by molar-refractivity contribution is 6.09. The van der Waals surface area contributed by atoms with Gasteiger partial charge in [-0.25, -0.2) is 4.39 Å². The summed E-state index contributed by atoms with van der Waals surface area (Å²) in [5.74, 6) is -0.348. The van der Waals surface area contributed by atoms with Gasteiger partial charge in [0.05, 0.1) is 14.2 Å². The molecular weight excluding hydrogens is 439 g/mol. The first kappa shape index (κ1) is 23.3. The molecule has 2 amide bonds. The van der Waals surface area contributed by atoms with Gasteiger partial charge < -0.3 is 14.8 Å². The summed E-state index contributed by atoms with van der Waals surface area (Å²) in [6, 6.07) is 11.0. The van der Waals surface area contributed by atoms with Crippen LogP contribution in [0, 0.1) is 5.82 Å². The number of carbonyl (C=O) groups excluding carboxylic acids is 2.